The molecule has 1 aromatic heterocycles. The van der Waals surface area contributed by atoms with Gasteiger partial charge in [0.25, 0.3) is 0 Å². The minimum absolute atomic E-state index is 0.00213. The minimum atomic E-state index is -0.111. The molecule has 1 aliphatic carbocycles. The van der Waals surface area contributed by atoms with Crippen LogP contribution in [-0.2, 0) is 4.79 Å². The molecule has 0 radical (unpaired) electrons. The van der Waals surface area contributed by atoms with E-state index in [1.807, 2.05) is 31.2 Å². The van der Waals surface area contributed by atoms with E-state index in [9.17, 15) is 4.79 Å². The molecule has 7 heteroatoms. The van der Waals surface area contributed by atoms with E-state index < -0.39 is 0 Å². The lowest BCUT2D eigenvalue weighted by molar-refractivity contribution is -0.119. The Balaban J connectivity index is 1.45. The Bertz CT molecular complexity index is 770. The number of fused-ring (bicyclic) bond motifs is 1. The molecule has 1 atom stereocenters. The van der Waals surface area contributed by atoms with Gasteiger partial charge in [-0.05, 0) is 38.7 Å². The van der Waals surface area contributed by atoms with Gasteiger partial charge in [-0.2, -0.15) is 0 Å². The van der Waals surface area contributed by atoms with Crippen LogP contribution in [0, 0.1) is 6.92 Å². The molecule has 4 rings (SSSR count). The first-order valence-electron chi connectivity index (χ1n) is 8.73. The third-order valence-electron chi connectivity index (χ3n) is 4.96. The molecule has 0 saturated heterocycles. The Morgan fingerprint density at radius 3 is 2.96 bits per heavy atom. The first-order valence-corrected chi connectivity index (χ1v) is 9.71. The lowest BCUT2D eigenvalue weighted by Crippen LogP contribution is -2.43. The normalized spacial score (nSPS) is 20.9. The Kier molecular flexibility index (Phi) is 4.41. The second kappa shape index (κ2) is 6.71. The van der Waals surface area contributed by atoms with Crippen LogP contribution in [0.25, 0.3) is 0 Å². The number of carbonyl (C=O) groups is 1. The van der Waals surface area contributed by atoms with Crippen LogP contribution in [0.4, 0.5) is 0 Å². The van der Waals surface area contributed by atoms with Crippen LogP contribution in [0.2, 0.25) is 0 Å². The van der Waals surface area contributed by atoms with E-state index in [4.69, 9.17) is 4.74 Å². The molecule has 6 nitrogen and oxygen atoms in total. The van der Waals surface area contributed by atoms with E-state index in [0.29, 0.717) is 10.9 Å². The van der Waals surface area contributed by atoms with Crippen LogP contribution >= 0.6 is 11.8 Å². The lowest BCUT2D eigenvalue weighted by Gasteiger charge is -2.40. The van der Waals surface area contributed by atoms with E-state index in [2.05, 4.69) is 20.5 Å². The minimum Gasteiger partial charge on any atom is -0.487 e. The smallest absolute Gasteiger partial charge is 0.230 e. The molecule has 1 amide bonds. The molecule has 2 aliphatic rings. The Morgan fingerprint density at radius 1 is 1.40 bits per heavy atom. The molecule has 2 N–H and O–H groups in total. The summed E-state index contributed by atoms with van der Waals surface area (Å²) in [6.45, 7) is 1.84. The maximum atomic E-state index is 12.5. The van der Waals surface area contributed by atoms with Crippen LogP contribution in [-0.4, -0.2) is 32.4 Å². The van der Waals surface area contributed by atoms with Crippen molar-refractivity contribution in [2.75, 3.05) is 5.75 Å². The summed E-state index contributed by atoms with van der Waals surface area (Å²) >= 11 is 1.35. The SMILES string of the molecule is Cc1nc(SCC(=O)N[C@H]2CC3(CCCC3)Oc3ccccc32)n[nH]1. The van der Waals surface area contributed by atoms with Crippen molar-refractivity contribution in [2.24, 2.45) is 0 Å². The molecular formula is C18H22N4O2S. The number of benzene rings is 1. The number of nitrogens with one attached hydrogen (secondary N) is 2. The number of aryl methyl sites for hydroxylation is 1. The molecule has 132 valence electrons. The number of carbonyl (C=O) groups excluding carboxylic acids is 1. The molecule has 1 aromatic carbocycles. The molecule has 1 saturated carbocycles. The summed E-state index contributed by atoms with van der Waals surface area (Å²) in [5.41, 5.74) is 0.965. The van der Waals surface area contributed by atoms with E-state index >= 15 is 0 Å². The van der Waals surface area contributed by atoms with Gasteiger partial charge < -0.3 is 10.1 Å². The van der Waals surface area contributed by atoms with Crippen LogP contribution in [0.15, 0.2) is 29.4 Å². The monoisotopic (exact) mass is 358 g/mol. The average Bonchev–Trinajstić information content (AvgIpc) is 3.22. The zero-order valence-electron chi connectivity index (χ0n) is 14.2. The first-order chi connectivity index (χ1) is 12.1. The zero-order valence-corrected chi connectivity index (χ0v) is 15.1. The van der Waals surface area contributed by atoms with Crippen LogP contribution < -0.4 is 10.1 Å². The van der Waals surface area contributed by atoms with Crippen LogP contribution in [0.1, 0.15) is 49.5 Å². The molecular weight excluding hydrogens is 336 g/mol. The van der Waals surface area contributed by atoms with Crippen molar-refractivity contribution in [3.63, 3.8) is 0 Å². The summed E-state index contributed by atoms with van der Waals surface area (Å²) in [4.78, 5) is 16.7. The van der Waals surface area contributed by atoms with Gasteiger partial charge in [0.05, 0.1) is 11.8 Å². The molecule has 0 bridgehead atoms. The number of hydrogen-bond donors (Lipinski definition) is 2. The zero-order chi connectivity index (χ0) is 17.3. The van der Waals surface area contributed by atoms with Crippen LogP contribution in [0.3, 0.4) is 0 Å². The van der Waals surface area contributed by atoms with Gasteiger partial charge in [-0.1, -0.05) is 30.0 Å². The number of thioether (sulfide) groups is 1. The molecule has 0 unspecified atom stereocenters. The summed E-state index contributed by atoms with van der Waals surface area (Å²) in [6, 6.07) is 8.06. The van der Waals surface area contributed by atoms with E-state index in [1.165, 1.54) is 24.6 Å². The molecule has 2 heterocycles. The lowest BCUT2D eigenvalue weighted by atomic mass is 9.86. The van der Waals surface area contributed by atoms with Crippen molar-refractivity contribution >= 4 is 17.7 Å². The maximum Gasteiger partial charge on any atom is 0.230 e. The van der Waals surface area contributed by atoms with Crippen molar-refractivity contribution in [3.8, 4) is 5.75 Å². The molecule has 1 aliphatic heterocycles. The second-order valence-electron chi connectivity index (χ2n) is 6.85. The van der Waals surface area contributed by atoms with Gasteiger partial charge in [0, 0.05) is 12.0 Å². The Labute approximate surface area is 151 Å². The van der Waals surface area contributed by atoms with Crippen LogP contribution in [0.5, 0.6) is 5.75 Å². The Morgan fingerprint density at radius 2 is 2.20 bits per heavy atom. The summed E-state index contributed by atoms with van der Waals surface area (Å²) in [6.07, 6.45) is 5.38. The number of aromatic nitrogens is 3. The number of rotatable bonds is 4. The van der Waals surface area contributed by atoms with Gasteiger partial charge in [0.15, 0.2) is 0 Å². The fraction of sp³-hybridized carbons (Fsp3) is 0.500. The number of amides is 1. The Hall–Kier alpha value is -2.02. The predicted molar refractivity (Wildman–Crippen MR) is 95.6 cm³/mol. The summed E-state index contributed by atoms with van der Waals surface area (Å²) < 4.78 is 6.34. The van der Waals surface area contributed by atoms with Gasteiger partial charge in [0.1, 0.15) is 17.2 Å². The van der Waals surface area contributed by atoms with Gasteiger partial charge in [-0.25, -0.2) is 4.98 Å². The maximum absolute atomic E-state index is 12.5. The summed E-state index contributed by atoms with van der Waals surface area (Å²) in [5.74, 6) is 1.98. The quantitative estimate of drug-likeness (QED) is 0.821. The van der Waals surface area contributed by atoms with Crippen molar-refractivity contribution in [1.82, 2.24) is 20.5 Å². The second-order valence-corrected chi connectivity index (χ2v) is 7.79. The third-order valence-corrected chi connectivity index (χ3v) is 5.80. The highest BCUT2D eigenvalue weighted by atomic mass is 32.2. The van der Waals surface area contributed by atoms with E-state index in [0.717, 1.165) is 36.4 Å². The number of ether oxygens (including phenoxy) is 1. The molecule has 25 heavy (non-hydrogen) atoms. The highest BCUT2D eigenvalue weighted by molar-refractivity contribution is 7.99. The third kappa shape index (κ3) is 3.51. The predicted octanol–water partition coefficient (Wildman–Crippen LogP) is 3.16. The summed E-state index contributed by atoms with van der Waals surface area (Å²) in [5, 5.41) is 10.6. The van der Waals surface area contributed by atoms with E-state index in [1.54, 1.807) is 0 Å². The van der Waals surface area contributed by atoms with E-state index in [-0.39, 0.29) is 17.6 Å². The topological polar surface area (TPSA) is 79.9 Å². The van der Waals surface area contributed by atoms with Crippen molar-refractivity contribution in [3.05, 3.63) is 35.7 Å². The summed E-state index contributed by atoms with van der Waals surface area (Å²) in [7, 11) is 0. The number of H-pyrrole nitrogens is 1. The largest absolute Gasteiger partial charge is 0.487 e. The van der Waals surface area contributed by atoms with Crippen molar-refractivity contribution in [1.29, 1.82) is 0 Å². The van der Waals surface area contributed by atoms with Gasteiger partial charge in [-0.15, -0.1) is 5.10 Å². The van der Waals surface area contributed by atoms with Gasteiger partial charge in [-0.3, -0.25) is 9.89 Å². The number of para-hydroxylation sites is 1. The number of nitrogens with zero attached hydrogens (tertiary/aromatic N) is 2. The van der Waals surface area contributed by atoms with Gasteiger partial charge in [0.2, 0.25) is 11.1 Å². The van der Waals surface area contributed by atoms with Gasteiger partial charge >= 0.3 is 0 Å². The fourth-order valence-corrected chi connectivity index (χ4v) is 4.48. The highest BCUT2D eigenvalue weighted by Gasteiger charge is 2.43. The first kappa shape index (κ1) is 16.4. The molecule has 2 aromatic rings. The molecule has 1 fully saturated rings. The highest BCUT2D eigenvalue weighted by Crippen LogP contribution is 2.46. The standard InChI is InChI=1S/C18H22N4O2S/c1-12-19-17(22-21-12)25-11-16(23)20-14-10-18(8-4-5-9-18)24-15-7-3-2-6-13(14)15/h2-3,6-7,14H,4-5,8-11H2,1H3,(H,20,23)(H,19,21,22)/t14-/m0/s1. The number of hydrogen-bond acceptors (Lipinski definition) is 5. The average molecular weight is 358 g/mol. The molecule has 1 spiro atoms. The number of aromatic amines is 1. The van der Waals surface area contributed by atoms with Crippen molar-refractivity contribution in [2.45, 2.75) is 55.8 Å². The van der Waals surface area contributed by atoms with Crippen molar-refractivity contribution < 1.29 is 9.53 Å². The fourth-order valence-electron chi connectivity index (χ4n) is 3.83.